The minimum absolute atomic E-state index is 0.0891. The van der Waals surface area contributed by atoms with Crippen molar-refractivity contribution < 1.29 is 14.6 Å². The molecule has 11 nitrogen and oxygen atoms in total. The SMILES string of the molecule is CN1CCC[C@H]1COc1nc2c(c(N3CCN(C(=O)O)C(CC#N)(C(C)(C)C)C3)n1)CCN(c1cncc3ccccc13)C2. The lowest BCUT2D eigenvalue weighted by atomic mass is 9.69. The maximum Gasteiger partial charge on any atom is 0.407 e. The second-order valence-electron chi connectivity index (χ2n) is 13.4. The van der Waals surface area contributed by atoms with Crippen LogP contribution in [0.2, 0.25) is 0 Å². The molecule has 2 atom stereocenters. The van der Waals surface area contributed by atoms with Crippen LogP contribution in [0.1, 0.15) is 51.3 Å². The number of rotatable bonds is 6. The molecule has 11 heteroatoms. The maximum absolute atomic E-state index is 12.5. The Morgan fingerprint density at radius 1 is 1.14 bits per heavy atom. The molecule has 0 radical (unpaired) electrons. The van der Waals surface area contributed by atoms with E-state index in [2.05, 4.69) is 51.0 Å². The van der Waals surface area contributed by atoms with Gasteiger partial charge in [0.1, 0.15) is 12.4 Å². The number of amides is 1. The lowest BCUT2D eigenvalue weighted by molar-refractivity contribution is -0.00290. The van der Waals surface area contributed by atoms with E-state index in [1.807, 2.05) is 39.2 Å². The van der Waals surface area contributed by atoms with Crippen LogP contribution in [0.25, 0.3) is 10.8 Å². The zero-order valence-electron chi connectivity index (χ0n) is 26.2. The minimum Gasteiger partial charge on any atom is -0.465 e. The lowest BCUT2D eigenvalue weighted by Gasteiger charge is -2.55. The van der Waals surface area contributed by atoms with Gasteiger partial charge in [-0.05, 0) is 38.3 Å². The first-order chi connectivity index (χ1) is 21.1. The Balaban J connectivity index is 1.39. The van der Waals surface area contributed by atoms with Crippen LogP contribution in [-0.4, -0.2) is 93.9 Å². The number of pyridine rings is 1. The normalized spacial score (nSPS) is 22.6. The molecule has 0 saturated carbocycles. The van der Waals surface area contributed by atoms with Gasteiger partial charge in [0.15, 0.2) is 0 Å². The third-order valence-corrected chi connectivity index (χ3v) is 9.95. The van der Waals surface area contributed by atoms with Crippen LogP contribution in [0.4, 0.5) is 16.3 Å². The van der Waals surface area contributed by atoms with E-state index in [1.165, 1.54) is 4.90 Å². The molecule has 0 aliphatic carbocycles. The molecule has 0 bridgehead atoms. The van der Waals surface area contributed by atoms with Gasteiger partial charge in [0.05, 0.1) is 42.2 Å². The molecule has 1 aromatic carbocycles. The zero-order valence-corrected chi connectivity index (χ0v) is 26.2. The molecule has 44 heavy (non-hydrogen) atoms. The van der Waals surface area contributed by atoms with Gasteiger partial charge in [-0.1, -0.05) is 45.0 Å². The first-order valence-electron chi connectivity index (χ1n) is 15.5. The number of hydrogen-bond acceptors (Lipinski definition) is 9. The predicted molar refractivity (Wildman–Crippen MR) is 169 cm³/mol. The van der Waals surface area contributed by atoms with E-state index in [0.29, 0.717) is 38.3 Å². The number of anilines is 2. The number of nitriles is 1. The number of hydrogen-bond donors (Lipinski definition) is 1. The first kappa shape index (κ1) is 29.9. The molecule has 232 valence electrons. The largest absolute Gasteiger partial charge is 0.465 e. The molecule has 0 spiro atoms. The number of likely N-dealkylation sites (N-methyl/N-ethyl adjacent to an activating group) is 1. The smallest absolute Gasteiger partial charge is 0.407 e. The molecule has 1 unspecified atom stereocenters. The monoisotopic (exact) mass is 598 g/mol. The number of fused-ring (bicyclic) bond motifs is 2. The quantitative estimate of drug-likeness (QED) is 0.432. The van der Waals surface area contributed by atoms with Crippen molar-refractivity contribution in [3.05, 3.63) is 47.9 Å². The van der Waals surface area contributed by atoms with Crippen LogP contribution in [0.5, 0.6) is 6.01 Å². The van der Waals surface area contributed by atoms with Crippen LogP contribution in [-0.2, 0) is 13.0 Å². The summed E-state index contributed by atoms with van der Waals surface area (Å²) in [6, 6.07) is 11.3. The fourth-order valence-electron chi connectivity index (χ4n) is 7.20. The Morgan fingerprint density at radius 2 is 1.95 bits per heavy atom. The Labute approximate surface area is 259 Å². The number of carbonyl (C=O) groups is 1. The van der Waals surface area contributed by atoms with Crippen molar-refractivity contribution in [2.75, 3.05) is 56.2 Å². The van der Waals surface area contributed by atoms with Gasteiger partial charge in [-0.3, -0.25) is 9.88 Å². The van der Waals surface area contributed by atoms with Crippen LogP contribution < -0.4 is 14.5 Å². The van der Waals surface area contributed by atoms with Crippen LogP contribution in [0.15, 0.2) is 36.7 Å². The molecule has 3 aromatic rings. The molecule has 6 rings (SSSR count). The Hall–Kier alpha value is -4.17. The molecule has 3 aliphatic heterocycles. The molecular formula is C33H42N8O3. The van der Waals surface area contributed by atoms with Crippen molar-refractivity contribution in [1.29, 1.82) is 5.26 Å². The van der Waals surface area contributed by atoms with Crippen molar-refractivity contribution in [3.8, 4) is 12.1 Å². The third-order valence-electron chi connectivity index (χ3n) is 9.95. The van der Waals surface area contributed by atoms with E-state index < -0.39 is 17.0 Å². The summed E-state index contributed by atoms with van der Waals surface area (Å²) in [4.78, 5) is 35.3. The van der Waals surface area contributed by atoms with E-state index in [1.54, 1.807) is 0 Å². The fourth-order valence-corrected chi connectivity index (χ4v) is 7.20. The average Bonchev–Trinajstić information content (AvgIpc) is 3.42. The summed E-state index contributed by atoms with van der Waals surface area (Å²) in [7, 11) is 2.12. The predicted octanol–water partition coefficient (Wildman–Crippen LogP) is 4.56. The summed E-state index contributed by atoms with van der Waals surface area (Å²) in [5, 5.41) is 22.3. The fraction of sp³-hybridized carbons (Fsp3) is 0.545. The van der Waals surface area contributed by atoms with Gasteiger partial charge in [-0.2, -0.15) is 15.2 Å². The minimum atomic E-state index is -0.997. The van der Waals surface area contributed by atoms with Crippen LogP contribution in [0, 0.1) is 16.7 Å². The van der Waals surface area contributed by atoms with Crippen molar-refractivity contribution in [2.24, 2.45) is 5.41 Å². The van der Waals surface area contributed by atoms with Gasteiger partial charge in [-0.15, -0.1) is 0 Å². The topological polar surface area (TPSA) is 122 Å². The molecule has 5 heterocycles. The van der Waals surface area contributed by atoms with Gasteiger partial charge in [-0.25, -0.2) is 4.79 Å². The van der Waals surface area contributed by atoms with Crippen LogP contribution in [0.3, 0.4) is 0 Å². The second-order valence-corrected chi connectivity index (χ2v) is 13.4. The number of likely N-dealkylation sites (tertiary alicyclic amines) is 1. The summed E-state index contributed by atoms with van der Waals surface area (Å²) in [5.74, 6) is 0.789. The number of ether oxygens (including phenoxy) is 1. The molecule has 3 aliphatic rings. The number of nitrogens with zero attached hydrogens (tertiary/aromatic N) is 8. The Morgan fingerprint density at radius 3 is 2.68 bits per heavy atom. The third kappa shape index (κ3) is 5.36. The number of aromatic nitrogens is 3. The van der Waals surface area contributed by atoms with E-state index in [-0.39, 0.29) is 13.0 Å². The summed E-state index contributed by atoms with van der Waals surface area (Å²) in [6.45, 7) is 10.1. The zero-order chi connectivity index (χ0) is 31.1. The van der Waals surface area contributed by atoms with Crippen molar-refractivity contribution in [1.82, 2.24) is 24.8 Å². The van der Waals surface area contributed by atoms with E-state index >= 15 is 0 Å². The number of piperazine rings is 1. The summed E-state index contributed by atoms with van der Waals surface area (Å²) in [5.41, 5.74) is 1.64. The molecule has 2 aromatic heterocycles. The standard InChI is InChI=1S/C33H42N8O3/c1-32(2,3)33(12-13-34)22-40(16-17-41(33)31(42)43)29-26-11-15-39(28-19-35-18-23-8-5-6-10-25(23)28)20-27(26)36-30(37-29)44-21-24-9-7-14-38(24)4/h5-6,8,10,18-19,24H,7,9,11-12,14-17,20-22H2,1-4H3,(H,42,43)/t24-,33?/m0/s1. The average molecular weight is 599 g/mol. The molecule has 1 amide bonds. The highest BCUT2D eigenvalue weighted by Gasteiger charge is 2.52. The summed E-state index contributed by atoms with van der Waals surface area (Å²) >= 11 is 0. The molecular weight excluding hydrogens is 556 g/mol. The van der Waals surface area contributed by atoms with Gasteiger partial charge in [0.2, 0.25) is 0 Å². The Kier molecular flexibility index (Phi) is 7.97. The number of benzene rings is 1. The van der Waals surface area contributed by atoms with Gasteiger partial charge >= 0.3 is 12.1 Å². The van der Waals surface area contributed by atoms with Gasteiger partial charge in [0, 0.05) is 54.8 Å². The Bertz CT molecular complexity index is 1580. The summed E-state index contributed by atoms with van der Waals surface area (Å²) < 4.78 is 6.32. The van der Waals surface area contributed by atoms with Gasteiger partial charge < -0.3 is 24.5 Å². The van der Waals surface area contributed by atoms with Crippen molar-refractivity contribution in [2.45, 2.75) is 64.6 Å². The molecule has 2 fully saturated rings. The van der Waals surface area contributed by atoms with Gasteiger partial charge in [0.25, 0.3) is 0 Å². The van der Waals surface area contributed by atoms with E-state index in [9.17, 15) is 15.2 Å². The first-order valence-corrected chi connectivity index (χ1v) is 15.5. The lowest BCUT2D eigenvalue weighted by Crippen LogP contribution is -2.69. The maximum atomic E-state index is 12.5. The van der Waals surface area contributed by atoms with Crippen molar-refractivity contribution in [3.63, 3.8) is 0 Å². The molecule has 2 saturated heterocycles. The second kappa shape index (κ2) is 11.7. The van der Waals surface area contributed by atoms with E-state index in [4.69, 9.17) is 14.7 Å². The highest BCUT2D eigenvalue weighted by atomic mass is 16.5. The summed E-state index contributed by atoms with van der Waals surface area (Å²) in [6.07, 6.45) is 5.86. The molecule has 1 N–H and O–H groups in total. The van der Waals surface area contributed by atoms with E-state index in [0.717, 1.165) is 65.9 Å². The highest BCUT2D eigenvalue weighted by Crippen LogP contribution is 2.43. The highest BCUT2D eigenvalue weighted by molar-refractivity contribution is 5.93. The van der Waals surface area contributed by atoms with Crippen molar-refractivity contribution >= 4 is 28.4 Å². The number of carboxylic acid groups (broad SMARTS) is 1. The van der Waals surface area contributed by atoms with Crippen LogP contribution >= 0.6 is 0 Å².